The highest BCUT2D eigenvalue weighted by atomic mass is 32.1. The fourth-order valence-corrected chi connectivity index (χ4v) is 3.00. The van der Waals surface area contributed by atoms with Crippen molar-refractivity contribution in [1.29, 1.82) is 0 Å². The zero-order valence-electron chi connectivity index (χ0n) is 9.99. The standard InChI is InChI=1S/C12H19NO2S/c1-7(5-11(14)15)4-10(13)12-8(2)6-9(3)16-12/h6-7,10H,4-5,13H2,1-3H3,(H,14,15). The molecule has 0 fully saturated rings. The van der Waals surface area contributed by atoms with Crippen molar-refractivity contribution in [3.63, 3.8) is 0 Å². The van der Waals surface area contributed by atoms with E-state index in [4.69, 9.17) is 10.8 Å². The van der Waals surface area contributed by atoms with Crippen LogP contribution in [0, 0.1) is 19.8 Å². The zero-order chi connectivity index (χ0) is 12.3. The number of carboxylic acids is 1. The molecule has 0 saturated carbocycles. The number of thiophene rings is 1. The van der Waals surface area contributed by atoms with Crippen LogP contribution < -0.4 is 5.73 Å². The predicted molar refractivity (Wildman–Crippen MR) is 66.8 cm³/mol. The number of nitrogens with two attached hydrogens (primary N) is 1. The lowest BCUT2D eigenvalue weighted by Gasteiger charge is -2.15. The topological polar surface area (TPSA) is 63.3 Å². The highest BCUT2D eigenvalue weighted by Gasteiger charge is 2.17. The molecule has 2 atom stereocenters. The van der Waals surface area contributed by atoms with Crippen LogP contribution in [0.25, 0.3) is 0 Å². The van der Waals surface area contributed by atoms with Crippen molar-refractivity contribution in [1.82, 2.24) is 0 Å². The van der Waals surface area contributed by atoms with Gasteiger partial charge in [-0.25, -0.2) is 0 Å². The summed E-state index contributed by atoms with van der Waals surface area (Å²) < 4.78 is 0. The maximum absolute atomic E-state index is 10.6. The second-order valence-electron chi connectivity index (χ2n) is 4.45. The SMILES string of the molecule is Cc1cc(C)c(C(N)CC(C)CC(=O)O)s1. The molecule has 1 rings (SSSR count). The highest BCUT2D eigenvalue weighted by molar-refractivity contribution is 7.12. The van der Waals surface area contributed by atoms with Gasteiger partial charge in [0.2, 0.25) is 0 Å². The van der Waals surface area contributed by atoms with Crippen molar-refractivity contribution in [2.24, 2.45) is 11.7 Å². The van der Waals surface area contributed by atoms with Gasteiger partial charge in [-0.05, 0) is 37.8 Å². The van der Waals surface area contributed by atoms with Crippen molar-refractivity contribution in [2.75, 3.05) is 0 Å². The molecule has 1 aromatic heterocycles. The Hall–Kier alpha value is -0.870. The molecule has 0 radical (unpaired) electrons. The summed E-state index contributed by atoms with van der Waals surface area (Å²) in [6.45, 7) is 6.05. The summed E-state index contributed by atoms with van der Waals surface area (Å²) in [5.74, 6) is -0.631. The van der Waals surface area contributed by atoms with Gasteiger partial charge in [0.1, 0.15) is 0 Å². The third kappa shape index (κ3) is 3.61. The van der Waals surface area contributed by atoms with Crippen LogP contribution in [0.4, 0.5) is 0 Å². The van der Waals surface area contributed by atoms with Gasteiger partial charge in [-0.3, -0.25) is 4.79 Å². The van der Waals surface area contributed by atoms with Crippen LogP contribution >= 0.6 is 11.3 Å². The Labute approximate surface area is 100 Å². The monoisotopic (exact) mass is 241 g/mol. The Kier molecular flexibility index (Phi) is 4.50. The van der Waals surface area contributed by atoms with E-state index in [0.717, 1.165) is 6.42 Å². The summed E-state index contributed by atoms with van der Waals surface area (Å²) in [6, 6.07) is 2.09. The van der Waals surface area contributed by atoms with Crippen LogP contribution in [0.1, 0.15) is 41.1 Å². The molecule has 0 bridgehead atoms. The van der Waals surface area contributed by atoms with E-state index in [0.29, 0.717) is 0 Å². The minimum Gasteiger partial charge on any atom is -0.481 e. The lowest BCUT2D eigenvalue weighted by Crippen LogP contribution is -2.15. The maximum Gasteiger partial charge on any atom is 0.303 e. The minimum absolute atomic E-state index is 0.0342. The number of carboxylic acid groups (broad SMARTS) is 1. The van der Waals surface area contributed by atoms with E-state index in [1.807, 2.05) is 6.92 Å². The summed E-state index contributed by atoms with van der Waals surface area (Å²) in [5.41, 5.74) is 7.32. The fourth-order valence-electron chi connectivity index (χ4n) is 1.95. The number of aryl methyl sites for hydroxylation is 2. The Balaban J connectivity index is 2.61. The highest BCUT2D eigenvalue weighted by Crippen LogP contribution is 2.30. The third-order valence-electron chi connectivity index (χ3n) is 2.60. The maximum atomic E-state index is 10.6. The van der Waals surface area contributed by atoms with Gasteiger partial charge in [0.25, 0.3) is 0 Å². The van der Waals surface area contributed by atoms with Gasteiger partial charge in [0.05, 0.1) is 0 Å². The minimum atomic E-state index is -0.751. The molecule has 0 aliphatic heterocycles. The van der Waals surface area contributed by atoms with Gasteiger partial charge >= 0.3 is 5.97 Å². The number of rotatable bonds is 5. The van der Waals surface area contributed by atoms with E-state index in [1.54, 1.807) is 11.3 Å². The van der Waals surface area contributed by atoms with Gasteiger partial charge in [-0.15, -0.1) is 11.3 Å². The molecule has 1 aromatic rings. The van der Waals surface area contributed by atoms with Gasteiger partial charge < -0.3 is 10.8 Å². The van der Waals surface area contributed by atoms with Crippen LogP contribution in [0.2, 0.25) is 0 Å². The zero-order valence-corrected chi connectivity index (χ0v) is 10.8. The van der Waals surface area contributed by atoms with Crippen LogP contribution in [0.5, 0.6) is 0 Å². The number of aliphatic carboxylic acids is 1. The lowest BCUT2D eigenvalue weighted by molar-refractivity contribution is -0.138. The van der Waals surface area contributed by atoms with Gasteiger partial charge in [-0.2, -0.15) is 0 Å². The Bertz CT molecular complexity index is 373. The second-order valence-corrected chi connectivity index (χ2v) is 5.74. The van der Waals surface area contributed by atoms with Crippen molar-refractivity contribution in [3.05, 3.63) is 21.4 Å². The first-order chi connectivity index (χ1) is 7.40. The summed E-state index contributed by atoms with van der Waals surface area (Å²) in [6.07, 6.45) is 0.921. The fraction of sp³-hybridized carbons (Fsp3) is 0.583. The molecule has 16 heavy (non-hydrogen) atoms. The van der Waals surface area contributed by atoms with Crippen molar-refractivity contribution >= 4 is 17.3 Å². The molecule has 0 aliphatic rings. The van der Waals surface area contributed by atoms with E-state index < -0.39 is 5.97 Å². The first-order valence-electron chi connectivity index (χ1n) is 5.44. The third-order valence-corrected chi connectivity index (χ3v) is 3.88. The number of hydrogen-bond acceptors (Lipinski definition) is 3. The Morgan fingerprint density at radius 1 is 1.56 bits per heavy atom. The molecule has 0 saturated heterocycles. The molecule has 0 aromatic carbocycles. The molecular formula is C12H19NO2S. The van der Waals surface area contributed by atoms with Gasteiger partial charge in [0, 0.05) is 22.2 Å². The summed E-state index contributed by atoms with van der Waals surface area (Å²) in [4.78, 5) is 13.0. The first-order valence-corrected chi connectivity index (χ1v) is 6.26. The molecule has 3 nitrogen and oxygen atoms in total. The van der Waals surface area contributed by atoms with Gasteiger partial charge in [-0.1, -0.05) is 6.92 Å². The molecule has 0 aliphatic carbocycles. The van der Waals surface area contributed by atoms with Crippen molar-refractivity contribution < 1.29 is 9.90 Å². The summed E-state index contributed by atoms with van der Waals surface area (Å²) >= 11 is 1.71. The smallest absolute Gasteiger partial charge is 0.303 e. The molecule has 4 heteroatoms. The number of hydrogen-bond donors (Lipinski definition) is 2. The number of carbonyl (C=O) groups is 1. The van der Waals surface area contributed by atoms with E-state index in [9.17, 15) is 4.79 Å². The average Bonchev–Trinajstić information content (AvgIpc) is 2.43. The molecular weight excluding hydrogens is 222 g/mol. The quantitative estimate of drug-likeness (QED) is 0.833. The normalized spacial score (nSPS) is 14.8. The van der Waals surface area contributed by atoms with E-state index in [-0.39, 0.29) is 18.4 Å². The van der Waals surface area contributed by atoms with Crippen LogP contribution in [-0.2, 0) is 4.79 Å². The second kappa shape index (κ2) is 5.46. The molecule has 0 amide bonds. The predicted octanol–water partition coefficient (Wildman–Crippen LogP) is 2.87. The van der Waals surface area contributed by atoms with Crippen LogP contribution in [0.3, 0.4) is 0 Å². The van der Waals surface area contributed by atoms with Crippen molar-refractivity contribution in [2.45, 2.75) is 39.7 Å². The Morgan fingerprint density at radius 3 is 2.62 bits per heavy atom. The molecule has 3 N–H and O–H groups in total. The van der Waals surface area contributed by atoms with E-state index in [1.165, 1.54) is 15.3 Å². The molecule has 2 unspecified atom stereocenters. The lowest BCUT2D eigenvalue weighted by atomic mass is 9.97. The van der Waals surface area contributed by atoms with Crippen molar-refractivity contribution in [3.8, 4) is 0 Å². The van der Waals surface area contributed by atoms with Gasteiger partial charge in [0.15, 0.2) is 0 Å². The average molecular weight is 241 g/mol. The van der Waals surface area contributed by atoms with E-state index in [2.05, 4.69) is 19.9 Å². The summed E-state index contributed by atoms with van der Waals surface area (Å²) in [5, 5.41) is 8.69. The van der Waals surface area contributed by atoms with Crippen LogP contribution in [-0.4, -0.2) is 11.1 Å². The molecule has 1 heterocycles. The first kappa shape index (κ1) is 13.2. The van der Waals surface area contributed by atoms with E-state index >= 15 is 0 Å². The van der Waals surface area contributed by atoms with Crippen LogP contribution in [0.15, 0.2) is 6.07 Å². The summed E-state index contributed by atoms with van der Waals surface area (Å²) in [7, 11) is 0. The molecule has 90 valence electrons. The Morgan fingerprint density at radius 2 is 2.19 bits per heavy atom. The largest absolute Gasteiger partial charge is 0.481 e. The molecule has 0 spiro atoms.